The number of para-hydroxylation sites is 1. The van der Waals surface area contributed by atoms with Crippen molar-refractivity contribution in [2.75, 3.05) is 18.8 Å². The summed E-state index contributed by atoms with van der Waals surface area (Å²) in [5, 5.41) is 0.918. The highest BCUT2D eigenvalue weighted by atomic mass is 32.2. The van der Waals surface area contributed by atoms with E-state index >= 15 is 0 Å². The number of hydrogen-bond donors (Lipinski definition) is 0. The molecule has 0 unspecified atom stereocenters. The van der Waals surface area contributed by atoms with Crippen LogP contribution in [0.15, 0.2) is 60.9 Å². The average Bonchev–Trinajstić information content (AvgIpc) is 3.11. The summed E-state index contributed by atoms with van der Waals surface area (Å²) >= 11 is 1.92. The average molecular weight is 377 g/mol. The first kappa shape index (κ1) is 16.6. The Balaban J connectivity index is 1.26. The van der Waals surface area contributed by atoms with E-state index in [4.69, 9.17) is 4.74 Å². The fourth-order valence-corrected chi connectivity index (χ4v) is 5.46. The smallest absolute Gasteiger partial charge is 0.254 e. The molecule has 0 bridgehead atoms. The van der Waals surface area contributed by atoms with Gasteiger partial charge in [0.05, 0.1) is 15.8 Å². The number of rotatable bonds is 3. The zero-order chi connectivity index (χ0) is 18.3. The molecular weight excluding hydrogens is 358 g/mol. The molecule has 0 aliphatic carbocycles. The number of hydrogen-bond acceptors (Lipinski definition) is 5. The molecule has 0 saturated carbocycles. The Hall–Kier alpha value is -2.60. The van der Waals surface area contributed by atoms with E-state index in [0.29, 0.717) is 5.88 Å². The lowest BCUT2D eigenvalue weighted by Gasteiger charge is -2.47. The molecule has 1 atom stereocenters. The molecule has 4 heterocycles. The summed E-state index contributed by atoms with van der Waals surface area (Å²) in [6, 6.07) is 15.3. The van der Waals surface area contributed by atoms with Gasteiger partial charge in [-0.1, -0.05) is 24.3 Å². The van der Waals surface area contributed by atoms with Gasteiger partial charge in [-0.05, 0) is 18.2 Å². The van der Waals surface area contributed by atoms with Gasteiger partial charge in [-0.25, -0.2) is 4.98 Å². The zero-order valence-corrected chi connectivity index (χ0v) is 15.6. The second kappa shape index (κ2) is 6.53. The van der Waals surface area contributed by atoms with E-state index in [9.17, 15) is 4.79 Å². The minimum Gasteiger partial charge on any atom is -0.473 e. The molecule has 2 saturated heterocycles. The van der Waals surface area contributed by atoms with Gasteiger partial charge in [0.2, 0.25) is 5.88 Å². The number of aromatic nitrogens is 2. The third-order valence-corrected chi connectivity index (χ3v) is 6.80. The number of pyridine rings is 2. The molecule has 2 aliphatic rings. The van der Waals surface area contributed by atoms with E-state index in [1.54, 1.807) is 12.4 Å². The summed E-state index contributed by atoms with van der Waals surface area (Å²) in [5.41, 5.74) is 1.59. The number of carbonyl (C=O) groups is 1. The van der Waals surface area contributed by atoms with Crippen LogP contribution in [0.1, 0.15) is 16.8 Å². The first-order valence-electron chi connectivity index (χ1n) is 9.07. The summed E-state index contributed by atoms with van der Waals surface area (Å²) in [6.45, 7) is 1.55. The summed E-state index contributed by atoms with van der Waals surface area (Å²) < 4.78 is 6.12. The summed E-state index contributed by atoms with van der Waals surface area (Å²) in [6.07, 6.45) is 4.57. The van der Waals surface area contributed by atoms with Gasteiger partial charge in [0.1, 0.15) is 6.10 Å². The van der Waals surface area contributed by atoms with Crippen molar-refractivity contribution < 1.29 is 9.53 Å². The molecule has 1 spiro atoms. The van der Waals surface area contributed by atoms with Crippen molar-refractivity contribution in [3.8, 4) is 5.88 Å². The maximum absolute atomic E-state index is 13.0. The molecular formula is C21H19N3O2S. The number of carbonyl (C=O) groups excluding carboxylic acids is 1. The predicted molar refractivity (Wildman–Crippen MR) is 106 cm³/mol. The Morgan fingerprint density at radius 1 is 1.07 bits per heavy atom. The monoisotopic (exact) mass is 377 g/mol. The highest BCUT2D eigenvalue weighted by Gasteiger charge is 2.51. The van der Waals surface area contributed by atoms with Crippen molar-refractivity contribution in [2.45, 2.75) is 17.3 Å². The second-order valence-electron chi connectivity index (χ2n) is 7.14. The maximum atomic E-state index is 13.0. The van der Waals surface area contributed by atoms with Crippen molar-refractivity contribution in [1.82, 2.24) is 14.9 Å². The molecule has 6 heteroatoms. The zero-order valence-electron chi connectivity index (χ0n) is 14.7. The van der Waals surface area contributed by atoms with Crippen LogP contribution in [0.4, 0.5) is 0 Å². The normalized spacial score (nSPS) is 20.6. The third kappa shape index (κ3) is 3.04. The van der Waals surface area contributed by atoms with Crippen LogP contribution in [0.2, 0.25) is 0 Å². The van der Waals surface area contributed by atoms with Gasteiger partial charge in [0.15, 0.2) is 0 Å². The minimum absolute atomic E-state index is 0.0916. The van der Waals surface area contributed by atoms with Crippen molar-refractivity contribution in [1.29, 1.82) is 0 Å². The van der Waals surface area contributed by atoms with Crippen LogP contribution in [0.3, 0.4) is 0 Å². The molecule has 0 N–H and O–H groups in total. The summed E-state index contributed by atoms with van der Waals surface area (Å²) in [7, 11) is 0. The Kier molecular flexibility index (Phi) is 4.01. The highest BCUT2D eigenvalue weighted by molar-refractivity contribution is 8.01. The lowest BCUT2D eigenvalue weighted by atomic mass is 9.92. The lowest BCUT2D eigenvalue weighted by Crippen LogP contribution is -2.60. The van der Waals surface area contributed by atoms with E-state index in [1.807, 2.05) is 65.2 Å². The van der Waals surface area contributed by atoms with E-state index in [0.717, 1.165) is 41.7 Å². The topological polar surface area (TPSA) is 55.3 Å². The van der Waals surface area contributed by atoms with Gasteiger partial charge in [-0.15, -0.1) is 11.8 Å². The molecule has 5 rings (SSSR count). The molecule has 2 aliphatic heterocycles. The summed E-state index contributed by atoms with van der Waals surface area (Å²) in [4.78, 5) is 23.5. The van der Waals surface area contributed by atoms with E-state index < -0.39 is 0 Å². The van der Waals surface area contributed by atoms with Crippen molar-refractivity contribution in [2.24, 2.45) is 0 Å². The number of benzene rings is 1. The van der Waals surface area contributed by atoms with Gasteiger partial charge in [0, 0.05) is 49.1 Å². The first-order chi connectivity index (χ1) is 13.2. The molecule has 2 aromatic heterocycles. The lowest BCUT2D eigenvalue weighted by molar-refractivity contribution is 0.0518. The molecule has 2 fully saturated rings. The minimum atomic E-state index is 0.0916. The number of likely N-dealkylation sites (tertiary alicyclic amines) is 1. The quantitative estimate of drug-likeness (QED) is 0.700. The van der Waals surface area contributed by atoms with Gasteiger partial charge in [-0.2, -0.15) is 0 Å². The van der Waals surface area contributed by atoms with Crippen molar-refractivity contribution >= 4 is 28.6 Å². The standard InChI is InChI=1S/C21H19N3O2S/c25-20(17-8-10-22-18-6-2-1-5-16(17)18)24-13-21(14-24)11-15(12-27-21)26-19-7-3-4-9-23-19/h1-10,15H,11-14H2/t15-/m0/s1. The van der Waals surface area contributed by atoms with Crippen molar-refractivity contribution in [3.63, 3.8) is 0 Å². The van der Waals surface area contributed by atoms with Crippen molar-refractivity contribution in [3.05, 3.63) is 66.5 Å². The second-order valence-corrected chi connectivity index (χ2v) is 8.63. The molecule has 27 heavy (non-hydrogen) atoms. The van der Waals surface area contributed by atoms with Crippen LogP contribution in [0.5, 0.6) is 5.88 Å². The number of nitrogens with zero attached hydrogens (tertiary/aromatic N) is 3. The molecule has 0 radical (unpaired) electrons. The van der Waals surface area contributed by atoms with Crippen LogP contribution < -0.4 is 4.74 Å². The Bertz CT molecular complexity index is 984. The Morgan fingerprint density at radius 3 is 2.78 bits per heavy atom. The SMILES string of the molecule is O=C(c1ccnc2ccccc12)N1CC2(C[C@H](Oc3ccccn3)CS2)C1. The van der Waals surface area contributed by atoms with E-state index in [1.165, 1.54) is 0 Å². The molecule has 136 valence electrons. The van der Waals surface area contributed by atoms with Gasteiger partial charge in [0.25, 0.3) is 5.91 Å². The van der Waals surface area contributed by atoms with Crippen LogP contribution >= 0.6 is 11.8 Å². The Morgan fingerprint density at radius 2 is 1.93 bits per heavy atom. The predicted octanol–water partition coefficient (Wildman–Crippen LogP) is 3.41. The van der Waals surface area contributed by atoms with Gasteiger partial charge in [-0.3, -0.25) is 9.78 Å². The van der Waals surface area contributed by atoms with Crippen LogP contribution in [0, 0.1) is 0 Å². The fourth-order valence-electron chi connectivity index (χ4n) is 3.93. The summed E-state index contributed by atoms with van der Waals surface area (Å²) in [5.74, 6) is 1.71. The van der Waals surface area contributed by atoms with Gasteiger partial charge < -0.3 is 9.64 Å². The molecule has 1 aromatic carbocycles. The number of ether oxygens (including phenoxy) is 1. The molecule has 1 amide bonds. The fraction of sp³-hybridized carbons (Fsp3) is 0.286. The van der Waals surface area contributed by atoms with Crippen LogP contribution in [0.25, 0.3) is 10.9 Å². The largest absolute Gasteiger partial charge is 0.473 e. The first-order valence-corrected chi connectivity index (χ1v) is 10.1. The number of fused-ring (bicyclic) bond motifs is 1. The van der Waals surface area contributed by atoms with Gasteiger partial charge >= 0.3 is 0 Å². The maximum Gasteiger partial charge on any atom is 0.254 e. The third-order valence-electron chi connectivity index (χ3n) is 5.22. The van der Waals surface area contributed by atoms with Crippen LogP contribution in [-0.4, -0.2) is 50.5 Å². The Labute approximate surface area is 161 Å². The number of thioether (sulfide) groups is 1. The number of amides is 1. The van der Waals surface area contributed by atoms with E-state index in [2.05, 4.69) is 9.97 Å². The van der Waals surface area contributed by atoms with Crippen LogP contribution in [-0.2, 0) is 0 Å². The molecule has 3 aromatic rings. The highest BCUT2D eigenvalue weighted by Crippen LogP contribution is 2.46. The molecule has 5 nitrogen and oxygen atoms in total. The van der Waals surface area contributed by atoms with E-state index in [-0.39, 0.29) is 16.8 Å².